The van der Waals surface area contributed by atoms with Gasteiger partial charge in [-0.25, -0.2) is 4.99 Å². The van der Waals surface area contributed by atoms with Crippen LogP contribution in [-0.4, -0.2) is 77.0 Å². The first kappa shape index (κ1) is 23.2. The normalized spacial score (nSPS) is 15.4. The number of nitrogens with zero attached hydrogens (tertiary/aromatic N) is 6. The molecule has 0 saturated carbocycles. The molecule has 1 aromatic heterocycles. The number of nitrogens with one attached hydrogen (secondary N) is 1. The first-order valence-electron chi connectivity index (χ1n) is 11.7. The number of hydrogen-bond donors (Lipinski definition) is 1. The average Bonchev–Trinajstić information content (AvgIpc) is 3.17. The summed E-state index contributed by atoms with van der Waals surface area (Å²) in [6, 6.07) is 15.2. The van der Waals surface area contributed by atoms with Crippen molar-refractivity contribution in [3.05, 3.63) is 59.7 Å². The van der Waals surface area contributed by atoms with Crippen LogP contribution >= 0.6 is 0 Å². The zero-order chi connectivity index (χ0) is 23.0. The molecule has 0 aliphatic carbocycles. The highest BCUT2D eigenvalue weighted by Crippen LogP contribution is 2.20. The summed E-state index contributed by atoms with van der Waals surface area (Å²) in [5.41, 5.74) is 1.39. The van der Waals surface area contributed by atoms with Gasteiger partial charge in [0.05, 0.1) is 0 Å². The fourth-order valence-corrected chi connectivity index (χ4v) is 4.21. The number of rotatable bonds is 8. The van der Waals surface area contributed by atoms with E-state index in [1.165, 1.54) is 16.3 Å². The van der Waals surface area contributed by atoms with Gasteiger partial charge in [0.2, 0.25) is 0 Å². The van der Waals surface area contributed by atoms with Crippen LogP contribution in [0.1, 0.15) is 23.6 Å². The highest BCUT2D eigenvalue weighted by molar-refractivity contribution is 5.85. The molecular formula is C25H35N7O. The monoisotopic (exact) mass is 449 g/mol. The summed E-state index contributed by atoms with van der Waals surface area (Å²) < 4.78 is 7.19. The van der Waals surface area contributed by atoms with E-state index < -0.39 is 0 Å². The van der Waals surface area contributed by atoms with Crippen LogP contribution in [0.2, 0.25) is 0 Å². The van der Waals surface area contributed by atoms with Crippen LogP contribution in [0.3, 0.4) is 0 Å². The van der Waals surface area contributed by atoms with Crippen molar-refractivity contribution in [2.45, 2.75) is 26.4 Å². The molecule has 0 radical (unpaired) electrons. The largest absolute Gasteiger partial charge is 0.385 e. The maximum Gasteiger partial charge on any atom is 0.194 e. The van der Waals surface area contributed by atoms with Crippen molar-refractivity contribution >= 4 is 16.7 Å². The third kappa shape index (κ3) is 5.89. The molecule has 0 unspecified atom stereocenters. The Hall–Kier alpha value is -2.97. The minimum atomic E-state index is 0.514. The number of hydrogen-bond acceptors (Lipinski definition) is 5. The number of aromatic nitrogens is 3. The second kappa shape index (κ2) is 11.2. The van der Waals surface area contributed by atoms with Crippen molar-refractivity contribution in [1.82, 2.24) is 29.9 Å². The molecule has 0 amide bonds. The van der Waals surface area contributed by atoms with E-state index in [2.05, 4.69) is 67.8 Å². The van der Waals surface area contributed by atoms with E-state index in [9.17, 15) is 0 Å². The number of piperazine rings is 1. The molecule has 1 saturated heterocycles. The fourth-order valence-electron chi connectivity index (χ4n) is 4.21. The van der Waals surface area contributed by atoms with Gasteiger partial charge in [0, 0.05) is 60.0 Å². The number of ether oxygens (including phenoxy) is 1. The Bertz CT molecular complexity index is 1060. The molecule has 0 bridgehead atoms. The molecule has 33 heavy (non-hydrogen) atoms. The van der Waals surface area contributed by atoms with Gasteiger partial charge in [-0.2, -0.15) is 0 Å². The van der Waals surface area contributed by atoms with Gasteiger partial charge in [0.1, 0.15) is 12.4 Å². The van der Waals surface area contributed by atoms with Gasteiger partial charge in [0.25, 0.3) is 0 Å². The van der Waals surface area contributed by atoms with Gasteiger partial charge < -0.3 is 19.5 Å². The molecule has 8 nitrogen and oxygen atoms in total. The lowest BCUT2D eigenvalue weighted by molar-refractivity contribution is 0.171. The standard InChI is InChI=1S/C25H35N7O/c1-20-28-29-24(30(20)2)18-27-25(26-12-7-17-33-3)32-15-13-31(14-16-32)19-22-10-6-9-21-8-4-5-11-23(21)22/h4-6,8-11H,7,12-19H2,1-3H3,(H,26,27). The molecule has 0 spiro atoms. The zero-order valence-electron chi connectivity index (χ0n) is 20.0. The predicted octanol–water partition coefficient (Wildman–Crippen LogP) is 2.58. The maximum atomic E-state index is 5.20. The molecule has 4 rings (SSSR count). The van der Waals surface area contributed by atoms with E-state index >= 15 is 0 Å². The van der Waals surface area contributed by atoms with E-state index in [4.69, 9.17) is 9.73 Å². The van der Waals surface area contributed by atoms with Gasteiger partial charge >= 0.3 is 0 Å². The molecule has 1 N–H and O–H groups in total. The van der Waals surface area contributed by atoms with Gasteiger partial charge in [-0.05, 0) is 29.7 Å². The Labute approximate surface area is 196 Å². The number of fused-ring (bicyclic) bond motifs is 1. The minimum absolute atomic E-state index is 0.514. The molecule has 1 aliphatic rings. The SMILES string of the molecule is COCCCNC(=NCc1nnc(C)n1C)N1CCN(Cc2cccc3ccccc23)CC1. The minimum Gasteiger partial charge on any atom is -0.385 e. The molecule has 0 atom stereocenters. The third-order valence-electron chi connectivity index (χ3n) is 6.31. The average molecular weight is 450 g/mol. The quantitative estimate of drug-likeness (QED) is 0.324. The smallest absolute Gasteiger partial charge is 0.194 e. The molecule has 3 aromatic rings. The predicted molar refractivity (Wildman–Crippen MR) is 132 cm³/mol. The van der Waals surface area contributed by atoms with Crippen LogP contribution in [0, 0.1) is 6.92 Å². The number of aryl methyl sites for hydroxylation is 1. The Morgan fingerprint density at radius 2 is 1.85 bits per heavy atom. The molecule has 1 aliphatic heterocycles. The van der Waals surface area contributed by atoms with Crippen molar-refractivity contribution < 1.29 is 4.74 Å². The van der Waals surface area contributed by atoms with Crippen LogP contribution in [0.5, 0.6) is 0 Å². The Kier molecular flexibility index (Phi) is 7.91. The summed E-state index contributed by atoms with van der Waals surface area (Å²) in [5.74, 6) is 2.71. The fraction of sp³-hybridized carbons (Fsp3) is 0.480. The molecule has 176 valence electrons. The Balaban J connectivity index is 1.39. The number of aliphatic imine (C=N–C) groups is 1. The van der Waals surface area contributed by atoms with Crippen LogP contribution in [-0.2, 0) is 24.9 Å². The lowest BCUT2D eigenvalue weighted by atomic mass is 10.0. The summed E-state index contributed by atoms with van der Waals surface area (Å²) in [5, 5.41) is 14.6. The summed E-state index contributed by atoms with van der Waals surface area (Å²) in [4.78, 5) is 9.78. The van der Waals surface area contributed by atoms with Crippen LogP contribution in [0.25, 0.3) is 10.8 Å². The van der Waals surface area contributed by atoms with E-state index in [0.29, 0.717) is 6.54 Å². The molecular weight excluding hydrogens is 414 g/mol. The topological polar surface area (TPSA) is 70.8 Å². The lowest BCUT2D eigenvalue weighted by Crippen LogP contribution is -2.52. The first-order chi connectivity index (χ1) is 16.2. The summed E-state index contributed by atoms with van der Waals surface area (Å²) >= 11 is 0. The summed E-state index contributed by atoms with van der Waals surface area (Å²) in [6.07, 6.45) is 0.944. The summed E-state index contributed by atoms with van der Waals surface area (Å²) in [6.45, 7) is 8.91. The highest BCUT2D eigenvalue weighted by Gasteiger charge is 2.20. The Morgan fingerprint density at radius 3 is 2.61 bits per heavy atom. The number of methoxy groups -OCH3 is 1. The van der Waals surface area contributed by atoms with E-state index in [1.54, 1.807) is 7.11 Å². The second-order valence-electron chi connectivity index (χ2n) is 8.54. The van der Waals surface area contributed by atoms with Crippen molar-refractivity contribution in [3.63, 3.8) is 0 Å². The van der Waals surface area contributed by atoms with Gasteiger partial charge in [-0.1, -0.05) is 42.5 Å². The first-order valence-corrected chi connectivity index (χ1v) is 11.7. The molecule has 1 fully saturated rings. The third-order valence-corrected chi connectivity index (χ3v) is 6.31. The molecule has 2 aromatic carbocycles. The Morgan fingerprint density at radius 1 is 1.06 bits per heavy atom. The van der Waals surface area contributed by atoms with Crippen LogP contribution in [0.15, 0.2) is 47.5 Å². The van der Waals surface area contributed by atoms with Crippen LogP contribution in [0.4, 0.5) is 0 Å². The van der Waals surface area contributed by atoms with Gasteiger partial charge in [0.15, 0.2) is 11.8 Å². The number of guanidine groups is 1. The van der Waals surface area contributed by atoms with E-state index in [1.807, 2.05) is 18.5 Å². The van der Waals surface area contributed by atoms with Gasteiger partial charge in [-0.3, -0.25) is 4.90 Å². The van der Waals surface area contributed by atoms with Crippen molar-refractivity contribution in [2.75, 3.05) is 46.4 Å². The summed E-state index contributed by atoms with van der Waals surface area (Å²) in [7, 11) is 3.72. The second-order valence-corrected chi connectivity index (χ2v) is 8.54. The van der Waals surface area contributed by atoms with Crippen molar-refractivity contribution in [3.8, 4) is 0 Å². The van der Waals surface area contributed by atoms with Crippen molar-refractivity contribution in [1.29, 1.82) is 0 Å². The molecule has 2 heterocycles. The van der Waals surface area contributed by atoms with Crippen molar-refractivity contribution in [2.24, 2.45) is 12.0 Å². The zero-order valence-corrected chi connectivity index (χ0v) is 20.0. The van der Waals surface area contributed by atoms with Gasteiger partial charge in [-0.15, -0.1) is 10.2 Å². The highest BCUT2D eigenvalue weighted by atomic mass is 16.5. The molecule has 8 heteroatoms. The lowest BCUT2D eigenvalue weighted by Gasteiger charge is -2.36. The maximum absolute atomic E-state index is 5.20. The number of benzene rings is 2. The van der Waals surface area contributed by atoms with E-state index in [0.717, 1.165) is 69.9 Å². The van der Waals surface area contributed by atoms with E-state index in [-0.39, 0.29) is 0 Å². The van der Waals surface area contributed by atoms with Crippen LogP contribution < -0.4 is 5.32 Å².